The summed E-state index contributed by atoms with van der Waals surface area (Å²) >= 11 is 1.30. The molecule has 0 saturated carbocycles. The number of benzene rings is 1. The lowest BCUT2D eigenvalue weighted by atomic mass is 10.2. The van der Waals surface area contributed by atoms with E-state index in [1.165, 1.54) is 18.3 Å². The first-order valence-corrected chi connectivity index (χ1v) is 11.4. The second-order valence-electron chi connectivity index (χ2n) is 6.96. The molecule has 2 amide bonds. The lowest BCUT2D eigenvalue weighted by molar-refractivity contribution is -0.119. The summed E-state index contributed by atoms with van der Waals surface area (Å²) in [6.45, 7) is 6.81. The number of unbranched alkanes of at least 4 members (excludes halogenated alkanes) is 1. The van der Waals surface area contributed by atoms with E-state index in [4.69, 9.17) is 13.9 Å². The molecule has 1 aromatic carbocycles. The van der Waals surface area contributed by atoms with Crippen LogP contribution in [0.25, 0.3) is 11.5 Å². The minimum Gasteiger partial charge on any atom is -0.490 e. The minimum absolute atomic E-state index is 0.130. The Bertz CT molecular complexity index is 1060. The quantitative estimate of drug-likeness (QED) is 0.398. The largest absolute Gasteiger partial charge is 0.490 e. The van der Waals surface area contributed by atoms with Crippen LogP contribution in [0.3, 0.4) is 0 Å². The van der Waals surface area contributed by atoms with Gasteiger partial charge >= 0.3 is 0 Å². The number of aromatic nitrogens is 1. The van der Waals surface area contributed by atoms with Gasteiger partial charge in [0.15, 0.2) is 22.4 Å². The molecule has 8 nitrogen and oxygen atoms in total. The predicted molar refractivity (Wildman–Crippen MR) is 123 cm³/mol. The fraction of sp³-hybridized carbons (Fsp3) is 0.348. The van der Waals surface area contributed by atoms with Gasteiger partial charge in [0.05, 0.1) is 19.8 Å². The number of furan rings is 1. The third kappa shape index (κ3) is 6.34. The topological polar surface area (TPSA) is 103 Å². The molecule has 0 spiro atoms. The van der Waals surface area contributed by atoms with Gasteiger partial charge in [-0.1, -0.05) is 13.3 Å². The van der Waals surface area contributed by atoms with Gasteiger partial charge < -0.3 is 19.2 Å². The summed E-state index contributed by atoms with van der Waals surface area (Å²) < 4.78 is 17.1. The van der Waals surface area contributed by atoms with Gasteiger partial charge in [-0.15, -0.1) is 11.3 Å². The van der Waals surface area contributed by atoms with Gasteiger partial charge in [0.2, 0.25) is 5.91 Å². The standard InChI is InChI=1S/C23H27N3O5S/c1-4-6-11-30-20-9-7-16(12-21(20)29-5-2)22(28)26-23-25-18(14-32-23)19-10-8-17(31-19)13-24-15(3)27/h7-10,12,14H,4-6,11,13H2,1-3H3,(H,24,27)(H,25,26,28). The van der Waals surface area contributed by atoms with Gasteiger partial charge in [0, 0.05) is 17.9 Å². The van der Waals surface area contributed by atoms with Gasteiger partial charge in [0.25, 0.3) is 5.91 Å². The summed E-state index contributed by atoms with van der Waals surface area (Å²) in [5.74, 6) is 1.93. The van der Waals surface area contributed by atoms with E-state index in [9.17, 15) is 9.59 Å². The van der Waals surface area contributed by atoms with Crippen molar-refractivity contribution in [3.8, 4) is 23.0 Å². The number of amides is 2. The summed E-state index contributed by atoms with van der Waals surface area (Å²) in [5, 5.41) is 7.74. The normalized spacial score (nSPS) is 10.6. The van der Waals surface area contributed by atoms with Crippen LogP contribution in [0, 0.1) is 0 Å². The zero-order chi connectivity index (χ0) is 22.9. The van der Waals surface area contributed by atoms with E-state index in [-0.39, 0.29) is 11.8 Å². The number of carbonyl (C=O) groups is 2. The van der Waals surface area contributed by atoms with Crippen LogP contribution in [-0.4, -0.2) is 30.0 Å². The highest BCUT2D eigenvalue weighted by atomic mass is 32.1. The summed E-state index contributed by atoms with van der Waals surface area (Å²) in [5.41, 5.74) is 1.05. The van der Waals surface area contributed by atoms with Crippen molar-refractivity contribution >= 4 is 28.3 Å². The number of ether oxygens (including phenoxy) is 2. The van der Waals surface area contributed by atoms with Crippen molar-refractivity contribution in [3.05, 3.63) is 47.0 Å². The van der Waals surface area contributed by atoms with Crippen molar-refractivity contribution in [1.29, 1.82) is 0 Å². The van der Waals surface area contributed by atoms with Crippen LogP contribution in [0.2, 0.25) is 0 Å². The van der Waals surface area contributed by atoms with E-state index < -0.39 is 0 Å². The molecule has 0 aliphatic carbocycles. The second-order valence-corrected chi connectivity index (χ2v) is 7.82. The number of carbonyl (C=O) groups excluding carboxylic acids is 2. The SMILES string of the molecule is CCCCOc1ccc(C(=O)Nc2nc(-c3ccc(CNC(C)=O)o3)cs2)cc1OCC. The van der Waals surface area contributed by atoms with E-state index in [0.29, 0.717) is 59.2 Å². The van der Waals surface area contributed by atoms with E-state index in [1.807, 2.05) is 6.92 Å². The Kier molecular flexibility index (Phi) is 8.27. The molecule has 2 aromatic heterocycles. The van der Waals surface area contributed by atoms with E-state index >= 15 is 0 Å². The molecule has 9 heteroatoms. The third-order valence-corrected chi connectivity index (χ3v) is 5.17. The zero-order valence-corrected chi connectivity index (χ0v) is 19.2. The van der Waals surface area contributed by atoms with E-state index in [0.717, 1.165) is 12.8 Å². The molecule has 0 radical (unpaired) electrons. The fourth-order valence-electron chi connectivity index (χ4n) is 2.80. The van der Waals surface area contributed by atoms with Crippen LogP contribution >= 0.6 is 11.3 Å². The fourth-order valence-corrected chi connectivity index (χ4v) is 3.49. The molecular weight excluding hydrogens is 430 g/mol. The first-order chi connectivity index (χ1) is 15.5. The summed E-state index contributed by atoms with van der Waals surface area (Å²) in [6, 6.07) is 8.69. The lowest BCUT2D eigenvalue weighted by Gasteiger charge is -2.13. The van der Waals surface area contributed by atoms with Crippen LogP contribution in [0.5, 0.6) is 11.5 Å². The Balaban J connectivity index is 1.66. The highest BCUT2D eigenvalue weighted by molar-refractivity contribution is 7.14. The maximum atomic E-state index is 12.7. The Morgan fingerprint density at radius 1 is 1.12 bits per heavy atom. The highest BCUT2D eigenvalue weighted by Gasteiger charge is 2.15. The van der Waals surface area contributed by atoms with Crippen molar-refractivity contribution in [2.75, 3.05) is 18.5 Å². The molecule has 170 valence electrons. The summed E-state index contributed by atoms with van der Waals surface area (Å²) in [4.78, 5) is 28.2. The molecular formula is C23H27N3O5S. The van der Waals surface area contributed by atoms with Crippen molar-refractivity contribution < 1.29 is 23.5 Å². The molecule has 0 atom stereocenters. The van der Waals surface area contributed by atoms with Crippen LogP contribution in [0.1, 0.15) is 49.7 Å². The molecule has 3 aromatic rings. The highest BCUT2D eigenvalue weighted by Crippen LogP contribution is 2.30. The van der Waals surface area contributed by atoms with Crippen molar-refractivity contribution in [2.24, 2.45) is 0 Å². The molecule has 0 bridgehead atoms. The Hall–Kier alpha value is -3.33. The van der Waals surface area contributed by atoms with Crippen LogP contribution in [0.4, 0.5) is 5.13 Å². The molecule has 2 N–H and O–H groups in total. The van der Waals surface area contributed by atoms with Crippen molar-refractivity contribution in [2.45, 2.75) is 40.2 Å². The molecule has 32 heavy (non-hydrogen) atoms. The molecule has 0 unspecified atom stereocenters. The molecule has 3 rings (SSSR count). The number of nitrogens with zero attached hydrogens (tertiary/aromatic N) is 1. The van der Waals surface area contributed by atoms with Gasteiger partial charge in [-0.2, -0.15) is 0 Å². The number of hydrogen-bond acceptors (Lipinski definition) is 7. The number of rotatable bonds is 11. The van der Waals surface area contributed by atoms with Crippen LogP contribution in [-0.2, 0) is 11.3 Å². The Morgan fingerprint density at radius 3 is 2.72 bits per heavy atom. The monoisotopic (exact) mass is 457 g/mol. The maximum absolute atomic E-state index is 12.7. The van der Waals surface area contributed by atoms with Gasteiger partial charge in [-0.05, 0) is 43.7 Å². The smallest absolute Gasteiger partial charge is 0.257 e. The minimum atomic E-state index is -0.294. The van der Waals surface area contributed by atoms with Crippen molar-refractivity contribution in [1.82, 2.24) is 10.3 Å². The van der Waals surface area contributed by atoms with Gasteiger partial charge in [-0.25, -0.2) is 4.98 Å². The van der Waals surface area contributed by atoms with Gasteiger partial charge in [0.1, 0.15) is 11.5 Å². The molecule has 0 saturated heterocycles. The number of nitrogens with one attached hydrogen (secondary N) is 2. The average molecular weight is 458 g/mol. The Morgan fingerprint density at radius 2 is 1.97 bits per heavy atom. The second kappa shape index (κ2) is 11.3. The van der Waals surface area contributed by atoms with Crippen molar-refractivity contribution in [3.63, 3.8) is 0 Å². The van der Waals surface area contributed by atoms with Crippen LogP contribution < -0.4 is 20.1 Å². The number of anilines is 1. The molecule has 0 aliphatic rings. The van der Waals surface area contributed by atoms with Gasteiger partial charge in [-0.3, -0.25) is 14.9 Å². The summed E-state index contributed by atoms with van der Waals surface area (Å²) in [7, 11) is 0. The molecule has 0 aliphatic heterocycles. The van der Waals surface area contributed by atoms with E-state index in [2.05, 4.69) is 22.5 Å². The first kappa shape index (κ1) is 23.3. The number of hydrogen-bond donors (Lipinski definition) is 2. The first-order valence-electron chi connectivity index (χ1n) is 10.5. The summed E-state index contributed by atoms with van der Waals surface area (Å²) in [6.07, 6.45) is 1.99. The van der Waals surface area contributed by atoms with E-state index in [1.54, 1.807) is 35.7 Å². The Labute approximate surface area is 190 Å². The molecule has 2 heterocycles. The maximum Gasteiger partial charge on any atom is 0.257 e. The zero-order valence-electron chi connectivity index (χ0n) is 18.4. The predicted octanol–water partition coefficient (Wildman–Crippen LogP) is 4.87. The number of thiazole rings is 1. The lowest BCUT2D eigenvalue weighted by Crippen LogP contribution is -2.18. The van der Waals surface area contributed by atoms with Crippen LogP contribution in [0.15, 0.2) is 40.1 Å². The average Bonchev–Trinajstić information content (AvgIpc) is 3.43. The molecule has 0 fully saturated rings. The third-order valence-electron chi connectivity index (χ3n) is 4.41.